The summed E-state index contributed by atoms with van der Waals surface area (Å²) >= 11 is 2.10. The molecule has 1 aromatic rings. The standard InChI is InChI=1S/C18H27N3OS/c1-15(22)20-8-10-21(11-9-20)18-7-3-2-5-16(18)13-19-14-17-6-4-12-23-17/h2-3,5,7,17,19H,4,6,8-14H2,1H3. The van der Waals surface area contributed by atoms with E-state index < -0.39 is 0 Å². The fourth-order valence-electron chi connectivity index (χ4n) is 3.40. The minimum Gasteiger partial charge on any atom is -0.368 e. The number of para-hydroxylation sites is 1. The van der Waals surface area contributed by atoms with E-state index in [1.54, 1.807) is 6.92 Å². The molecule has 23 heavy (non-hydrogen) atoms. The summed E-state index contributed by atoms with van der Waals surface area (Å²) in [5.74, 6) is 1.51. The lowest BCUT2D eigenvalue weighted by molar-refractivity contribution is -0.129. The zero-order valence-electron chi connectivity index (χ0n) is 14.0. The van der Waals surface area contributed by atoms with Crippen LogP contribution in [0.4, 0.5) is 5.69 Å². The molecule has 1 aromatic carbocycles. The van der Waals surface area contributed by atoms with Crippen molar-refractivity contribution in [3.63, 3.8) is 0 Å². The van der Waals surface area contributed by atoms with Crippen molar-refractivity contribution in [3.05, 3.63) is 29.8 Å². The number of hydrogen-bond donors (Lipinski definition) is 1. The van der Waals surface area contributed by atoms with E-state index in [4.69, 9.17) is 0 Å². The molecule has 5 heteroatoms. The minimum absolute atomic E-state index is 0.189. The van der Waals surface area contributed by atoms with Gasteiger partial charge in [-0.3, -0.25) is 4.79 Å². The molecule has 2 fully saturated rings. The monoisotopic (exact) mass is 333 g/mol. The third-order valence-electron chi connectivity index (χ3n) is 4.77. The Labute approximate surface area is 143 Å². The summed E-state index contributed by atoms with van der Waals surface area (Å²) in [4.78, 5) is 15.8. The molecule has 0 bridgehead atoms. The SMILES string of the molecule is CC(=O)N1CCN(c2ccccc2CNCC2CCCS2)CC1. The highest BCUT2D eigenvalue weighted by atomic mass is 32.2. The Morgan fingerprint density at radius 3 is 2.74 bits per heavy atom. The molecular formula is C18H27N3OS. The number of piperazine rings is 1. The highest BCUT2D eigenvalue weighted by Gasteiger charge is 2.20. The van der Waals surface area contributed by atoms with Gasteiger partial charge in [0.1, 0.15) is 0 Å². The molecule has 3 rings (SSSR count). The van der Waals surface area contributed by atoms with Gasteiger partial charge in [0.15, 0.2) is 0 Å². The number of rotatable bonds is 5. The number of hydrogen-bond acceptors (Lipinski definition) is 4. The highest BCUT2D eigenvalue weighted by Crippen LogP contribution is 2.26. The van der Waals surface area contributed by atoms with Crippen LogP contribution >= 0.6 is 11.8 Å². The summed E-state index contributed by atoms with van der Waals surface area (Å²) in [5, 5.41) is 4.43. The van der Waals surface area contributed by atoms with Crippen molar-refractivity contribution in [2.75, 3.05) is 43.4 Å². The van der Waals surface area contributed by atoms with Crippen LogP contribution in [-0.4, -0.2) is 54.5 Å². The van der Waals surface area contributed by atoms with Crippen molar-refractivity contribution in [1.82, 2.24) is 10.2 Å². The number of carbonyl (C=O) groups excluding carboxylic acids is 1. The van der Waals surface area contributed by atoms with E-state index in [9.17, 15) is 4.79 Å². The van der Waals surface area contributed by atoms with Gasteiger partial charge in [-0.1, -0.05) is 18.2 Å². The van der Waals surface area contributed by atoms with Crippen LogP contribution in [0, 0.1) is 0 Å². The largest absolute Gasteiger partial charge is 0.368 e. The van der Waals surface area contributed by atoms with Gasteiger partial charge in [0.25, 0.3) is 0 Å². The second-order valence-corrected chi connectivity index (χ2v) is 7.80. The van der Waals surface area contributed by atoms with E-state index in [1.165, 1.54) is 29.8 Å². The van der Waals surface area contributed by atoms with Gasteiger partial charge in [-0.15, -0.1) is 0 Å². The molecule has 0 saturated carbocycles. The molecule has 2 saturated heterocycles. The van der Waals surface area contributed by atoms with Crippen molar-refractivity contribution in [2.24, 2.45) is 0 Å². The van der Waals surface area contributed by atoms with Crippen LogP contribution in [0.15, 0.2) is 24.3 Å². The second kappa shape index (κ2) is 8.06. The van der Waals surface area contributed by atoms with E-state index in [-0.39, 0.29) is 5.91 Å². The zero-order valence-corrected chi connectivity index (χ0v) is 14.8. The number of anilines is 1. The van der Waals surface area contributed by atoms with Crippen LogP contribution in [0.25, 0.3) is 0 Å². The average molecular weight is 334 g/mol. The molecule has 0 aromatic heterocycles. The van der Waals surface area contributed by atoms with Crippen LogP contribution < -0.4 is 10.2 Å². The van der Waals surface area contributed by atoms with E-state index in [0.29, 0.717) is 0 Å². The molecule has 1 amide bonds. The second-order valence-electron chi connectivity index (χ2n) is 6.39. The smallest absolute Gasteiger partial charge is 0.219 e. The maximum atomic E-state index is 11.5. The topological polar surface area (TPSA) is 35.6 Å². The highest BCUT2D eigenvalue weighted by molar-refractivity contribution is 8.00. The van der Waals surface area contributed by atoms with Crippen LogP contribution in [0.2, 0.25) is 0 Å². The summed E-state index contributed by atoms with van der Waals surface area (Å²) in [6, 6.07) is 8.67. The maximum Gasteiger partial charge on any atom is 0.219 e. The van der Waals surface area contributed by atoms with Gasteiger partial charge in [-0.05, 0) is 30.2 Å². The Kier molecular flexibility index (Phi) is 5.84. The number of thioether (sulfide) groups is 1. The van der Waals surface area contributed by atoms with Gasteiger partial charge < -0.3 is 15.1 Å². The average Bonchev–Trinajstić information content (AvgIpc) is 3.09. The molecule has 2 aliphatic rings. The fourth-order valence-corrected chi connectivity index (χ4v) is 4.64. The lowest BCUT2D eigenvalue weighted by Crippen LogP contribution is -2.48. The molecule has 2 aliphatic heterocycles. The predicted molar refractivity (Wildman–Crippen MR) is 98.1 cm³/mol. The third kappa shape index (κ3) is 4.42. The lowest BCUT2D eigenvalue weighted by Gasteiger charge is -2.36. The molecule has 1 atom stereocenters. The van der Waals surface area contributed by atoms with Gasteiger partial charge >= 0.3 is 0 Å². The minimum atomic E-state index is 0.189. The van der Waals surface area contributed by atoms with Crippen molar-refractivity contribution in [3.8, 4) is 0 Å². The Morgan fingerprint density at radius 2 is 2.04 bits per heavy atom. The lowest BCUT2D eigenvalue weighted by atomic mass is 10.1. The summed E-state index contributed by atoms with van der Waals surface area (Å²) < 4.78 is 0. The van der Waals surface area contributed by atoms with Crippen LogP contribution in [0.5, 0.6) is 0 Å². The summed E-state index contributed by atoms with van der Waals surface area (Å²) in [5.41, 5.74) is 2.69. The van der Waals surface area contributed by atoms with Gasteiger partial charge in [0.05, 0.1) is 0 Å². The molecule has 0 spiro atoms. The number of benzene rings is 1. The van der Waals surface area contributed by atoms with Crippen molar-refractivity contribution >= 4 is 23.4 Å². The number of amides is 1. The van der Waals surface area contributed by atoms with Crippen LogP contribution in [-0.2, 0) is 11.3 Å². The number of nitrogens with zero attached hydrogens (tertiary/aromatic N) is 2. The normalized spacial score (nSPS) is 21.7. The number of nitrogens with one attached hydrogen (secondary N) is 1. The molecule has 0 radical (unpaired) electrons. The number of carbonyl (C=O) groups is 1. The Bertz CT molecular complexity index is 523. The summed E-state index contributed by atoms with van der Waals surface area (Å²) in [6.45, 7) is 7.21. The summed E-state index contributed by atoms with van der Waals surface area (Å²) in [6.07, 6.45) is 2.72. The van der Waals surface area contributed by atoms with Crippen molar-refractivity contribution in [1.29, 1.82) is 0 Å². The van der Waals surface area contributed by atoms with Gasteiger partial charge in [0, 0.05) is 57.1 Å². The maximum absolute atomic E-state index is 11.5. The predicted octanol–water partition coefficient (Wildman–Crippen LogP) is 2.34. The summed E-state index contributed by atoms with van der Waals surface area (Å²) in [7, 11) is 0. The van der Waals surface area contributed by atoms with Gasteiger partial charge in [0.2, 0.25) is 5.91 Å². The molecule has 1 N–H and O–H groups in total. The zero-order chi connectivity index (χ0) is 16.1. The molecule has 4 nitrogen and oxygen atoms in total. The molecular weight excluding hydrogens is 306 g/mol. The Balaban J connectivity index is 1.56. The van der Waals surface area contributed by atoms with E-state index in [2.05, 4.69) is 46.2 Å². The van der Waals surface area contributed by atoms with Crippen molar-refractivity contribution < 1.29 is 4.79 Å². The van der Waals surface area contributed by atoms with E-state index in [0.717, 1.165) is 44.5 Å². The van der Waals surface area contributed by atoms with Crippen LogP contribution in [0.3, 0.4) is 0 Å². The molecule has 126 valence electrons. The third-order valence-corrected chi connectivity index (χ3v) is 6.17. The van der Waals surface area contributed by atoms with Gasteiger partial charge in [-0.25, -0.2) is 0 Å². The molecule has 1 unspecified atom stereocenters. The van der Waals surface area contributed by atoms with E-state index in [1.807, 2.05) is 4.90 Å². The first-order chi connectivity index (χ1) is 11.2. The van der Waals surface area contributed by atoms with Crippen molar-refractivity contribution in [2.45, 2.75) is 31.6 Å². The van der Waals surface area contributed by atoms with Gasteiger partial charge in [-0.2, -0.15) is 11.8 Å². The first-order valence-corrected chi connectivity index (χ1v) is 9.69. The fraction of sp³-hybridized carbons (Fsp3) is 0.611. The molecule has 0 aliphatic carbocycles. The first kappa shape index (κ1) is 16.7. The molecule has 2 heterocycles. The van der Waals surface area contributed by atoms with E-state index >= 15 is 0 Å². The Morgan fingerprint density at radius 1 is 1.26 bits per heavy atom. The Hall–Kier alpha value is -1.20. The van der Waals surface area contributed by atoms with Crippen LogP contribution in [0.1, 0.15) is 25.3 Å². The quantitative estimate of drug-likeness (QED) is 0.897. The first-order valence-electron chi connectivity index (χ1n) is 8.65.